The van der Waals surface area contributed by atoms with Crippen LogP contribution in [0.3, 0.4) is 0 Å². The topological polar surface area (TPSA) is 150 Å². The molecule has 3 heterocycles. The fourth-order valence-electron chi connectivity index (χ4n) is 4.71. The lowest BCUT2D eigenvalue weighted by molar-refractivity contribution is 0.0724. The Bertz CT molecular complexity index is 1570. The molecule has 1 saturated carbocycles. The Hall–Kier alpha value is -4.24. The van der Waals surface area contributed by atoms with Gasteiger partial charge in [-0.25, -0.2) is 13.4 Å². The molecule has 1 aromatic carbocycles. The van der Waals surface area contributed by atoms with Crippen LogP contribution in [0.2, 0.25) is 0 Å². The van der Waals surface area contributed by atoms with E-state index in [1.807, 2.05) is 0 Å². The summed E-state index contributed by atoms with van der Waals surface area (Å²) >= 11 is 0. The summed E-state index contributed by atoms with van der Waals surface area (Å²) in [6, 6.07) is 14.0. The molecule has 3 aromatic rings. The molecule has 0 bridgehead atoms. The van der Waals surface area contributed by atoms with Gasteiger partial charge in [-0.2, -0.15) is 10.4 Å². The highest BCUT2D eigenvalue weighted by atomic mass is 32.2. The molecule has 0 atom stereocenters. The summed E-state index contributed by atoms with van der Waals surface area (Å²) in [5, 5.41) is 16.1. The van der Waals surface area contributed by atoms with Crippen LogP contribution >= 0.6 is 0 Å². The molecule has 2 aliphatic rings. The number of pyridine rings is 1. The third-order valence-electron chi connectivity index (χ3n) is 7.00. The first kappa shape index (κ1) is 25.4. The van der Waals surface area contributed by atoms with Gasteiger partial charge in [0.1, 0.15) is 16.3 Å². The van der Waals surface area contributed by atoms with Gasteiger partial charge >= 0.3 is 0 Å². The van der Waals surface area contributed by atoms with Crippen molar-refractivity contribution < 1.29 is 18.0 Å². The van der Waals surface area contributed by atoms with Crippen molar-refractivity contribution in [3.05, 3.63) is 76.2 Å². The zero-order valence-corrected chi connectivity index (χ0v) is 21.9. The number of carbonyl (C=O) groups is 2. The van der Waals surface area contributed by atoms with Crippen LogP contribution in [0.4, 0.5) is 5.82 Å². The molecule has 5 rings (SSSR count). The Morgan fingerprint density at radius 3 is 2.58 bits per heavy atom. The summed E-state index contributed by atoms with van der Waals surface area (Å²) < 4.78 is 29.4. The number of hydrogen-bond acceptors (Lipinski definition) is 7. The fraction of sp³-hybridized carbons (Fsp3) is 0.346. The average Bonchev–Trinajstić information content (AvgIpc) is 3.61. The molecule has 0 radical (unpaired) electrons. The van der Waals surface area contributed by atoms with E-state index in [0.29, 0.717) is 41.8 Å². The Morgan fingerprint density at radius 2 is 1.92 bits per heavy atom. The number of nitrogens with one attached hydrogen (secondary N) is 2. The minimum absolute atomic E-state index is 0.0534. The SMILES string of the molecule is Cc1cccc(NS(=O)(=O)C2(CN3CCc4c(C(=O)NCc5ccc(C#N)cc5)nn(C)c4C3=O)CC2)n1. The number of amides is 2. The predicted molar refractivity (Wildman–Crippen MR) is 139 cm³/mol. The fourth-order valence-corrected chi connectivity index (χ4v) is 6.28. The van der Waals surface area contributed by atoms with Crippen molar-refractivity contribution in [2.45, 2.75) is 37.5 Å². The van der Waals surface area contributed by atoms with E-state index in [2.05, 4.69) is 26.2 Å². The van der Waals surface area contributed by atoms with Crippen molar-refractivity contribution in [1.29, 1.82) is 5.26 Å². The summed E-state index contributed by atoms with van der Waals surface area (Å²) in [6.45, 7) is 2.37. The number of benzene rings is 1. The Labute approximate surface area is 220 Å². The third kappa shape index (κ3) is 4.72. The number of aryl methyl sites for hydroxylation is 2. The molecule has 38 heavy (non-hydrogen) atoms. The molecular formula is C26H27N7O4S. The molecule has 1 fully saturated rings. The van der Waals surface area contributed by atoms with Gasteiger partial charge in [0.2, 0.25) is 10.0 Å². The summed E-state index contributed by atoms with van der Waals surface area (Å²) in [5.41, 5.74) is 3.09. The van der Waals surface area contributed by atoms with Crippen molar-refractivity contribution in [3.63, 3.8) is 0 Å². The van der Waals surface area contributed by atoms with Crippen LogP contribution in [-0.4, -0.2) is 57.7 Å². The number of carbonyl (C=O) groups excluding carboxylic acids is 2. The summed E-state index contributed by atoms with van der Waals surface area (Å²) in [4.78, 5) is 32.1. The second kappa shape index (κ2) is 9.57. The molecule has 196 valence electrons. The number of nitrogens with zero attached hydrogens (tertiary/aromatic N) is 5. The normalized spacial score (nSPS) is 15.9. The first-order valence-electron chi connectivity index (χ1n) is 12.2. The monoisotopic (exact) mass is 533 g/mol. The van der Waals surface area contributed by atoms with E-state index >= 15 is 0 Å². The molecule has 2 amide bonds. The van der Waals surface area contributed by atoms with Crippen molar-refractivity contribution in [2.24, 2.45) is 7.05 Å². The summed E-state index contributed by atoms with van der Waals surface area (Å²) in [6.07, 6.45) is 1.27. The van der Waals surface area contributed by atoms with Gasteiger partial charge in [-0.15, -0.1) is 0 Å². The Kier molecular flexibility index (Phi) is 6.40. The Balaban J connectivity index is 1.29. The average molecular weight is 534 g/mol. The van der Waals surface area contributed by atoms with Gasteiger partial charge in [0, 0.05) is 37.9 Å². The highest BCUT2D eigenvalue weighted by Crippen LogP contribution is 2.45. The lowest BCUT2D eigenvalue weighted by Gasteiger charge is -2.31. The first-order chi connectivity index (χ1) is 18.1. The standard InChI is InChI=1S/C26H27N7O4S/c1-17-4-3-5-21(29-17)31-38(36,37)26(11-12-26)16-33-13-10-20-22(30-32(2)23(20)25(33)35)24(34)28-15-19-8-6-18(14-27)7-9-19/h3-9H,10-13,15-16H2,1-2H3,(H,28,34)(H,29,31). The predicted octanol–water partition coefficient (Wildman–Crippen LogP) is 1.90. The van der Waals surface area contributed by atoms with Crippen LogP contribution in [0.1, 0.15) is 56.2 Å². The molecule has 2 aromatic heterocycles. The Morgan fingerprint density at radius 1 is 1.18 bits per heavy atom. The van der Waals surface area contributed by atoms with E-state index < -0.39 is 20.7 Å². The highest BCUT2D eigenvalue weighted by molar-refractivity contribution is 7.94. The number of aromatic nitrogens is 3. The van der Waals surface area contributed by atoms with Crippen LogP contribution in [0, 0.1) is 18.3 Å². The largest absolute Gasteiger partial charge is 0.347 e. The molecule has 0 unspecified atom stereocenters. The number of nitriles is 1. The lowest BCUT2D eigenvalue weighted by Crippen LogP contribution is -2.47. The van der Waals surface area contributed by atoms with Gasteiger partial charge in [0.25, 0.3) is 11.8 Å². The number of sulfonamides is 1. The second-order valence-electron chi connectivity index (χ2n) is 9.72. The van der Waals surface area contributed by atoms with Crippen molar-refractivity contribution >= 4 is 27.7 Å². The molecule has 0 spiro atoms. The van der Waals surface area contributed by atoms with E-state index in [-0.39, 0.29) is 37.1 Å². The van der Waals surface area contributed by atoms with E-state index in [4.69, 9.17) is 5.26 Å². The van der Waals surface area contributed by atoms with Crippen LogP contribution in [0.15, 0.2) is 42.5 Å². The number of hydrogen-bond donors (Lipinski definition) is 2. The molecule has 1 aliphatic carbocycles. The van der Waals surface area contributed by atoms with E-state index in [0.717, 1.165) is 5.56 Å². The maximum absolute atomic E-state index is 13.4. The van der Waals surface area contributed by atoms with E-state index in [9.17, 15) is 18.0 Å². The zero-order chi connectivity index (χ0) is 27.1. The lowest BCUT2D eigenvalue weighted by atomic mass is 10.0. The smallest absolute Gasteiger partial charge is 0.272 e. The molecular weight excluding hydrogens is 506 g/mol. The van der Waals surface area contributed by atoms with Gasteiger partial charge in [0.05, 0.1) is 11.6 Å². The molecule has 1 aliphatic heterocycles. The minimum Gasteiger partial charge on any atom is -0.347 e. The summed E-state index contributed by atoms with van der Waals surface area (Å²) in [5.74, 6) is -0.488. The third-order valence-corrected chi connectivity index (χ3v) is 9.16. The maximum Gasteiger partial charge on any atom is 0.272 e. The number of fused-ring (bicyclic) bond motifs is 1. The summed E-state index contributed by atoms with van der Waals surface area (Å²) in [7, 11) is -2.18. The highest BCUT2D eigenvalue weighted by Gasteiger charge is 2.56. The van der Waals surface area contributed by atoms with Crippen LogP contribution in [-0.2, 0) is 30.0 Å². The van der Waals surface area contributed by atoms with Gasteiger partial charge in [-0.1, -0.05) is 18.2 Å². The molecule has 2 N–H and O–H groups in total. The van der Waals surface area contributed by atoms with Gasteiger partial charge in [-0.3, -0.25) is 19.0 Å². The van der Waals surface area contributed by atoms with E-state index in [1.165, 1.54) is 4.68 Å². The van der Waals surface area contributed by atoms with Gasteiger partial charge in [-0.05, 0) is 56.0 Å². The first-order valence-corrected chi connectivity index (χ1v) is 13.7. The van der Waals surface area contributed by atoms with E-state index in [1.54, 1.807) is 61.3 Å². The van der Waals surface area contributed by atoms with Crippen LogP contribution < -0.4 is 10.0 Å². The van der Waals surface area contributed by atoms with Crippen molar-refractivity contribution in [2.75, 3.05) is 17.8 Å². The zero-order valence-electron chi connectivity index (χ0n) is 21.1. The maximum atomic E-state index is 13.4. The molecule has 11 nitrogen and oxygen atoms in total. The quantitative estimate of drug-likeness (QED) is 0.449. The van der Waals surface area contributed by atoms with Crippen molar-refractivity contribution in [3.8, 4) is 6.07 Å². The second-order valence-corrected chi connectivity index (χ2v) is 11.8. The number of rotatable bonds is 8. The van der Waals surface area contributed by atoms with Crippen LogP contribution in [0.25, 0.3) is 0 Å². The van der Waals surface area contributed by atoms with Gasteiger partial charge < -0.3 is 10.2 Å². The van der Waals surface area contributed by atoms with Crippen molar-refractivity contribution in [1.82, 2.24) is 25.0 Å². The van der Waals surface area contributed by atoms with Gasteiger partial charge in [0.15, 0.2) is 5.69 Å². The van der Waals surface area contributed by atoms with Crippen LogP contribution in [0.5, 0.6) is 0 Å². The molecule has 0 saturated heterocycles. The number of anilines is 1. The minimum atomic E-state index is -3.79. The molecule has 12 heteroatoms.